The summed E-state index contributed by atoms with van der Waals surface area (Å²) in [6.45, 7) is 7.31. The van der Waals surface area contributed by atoms with E-state index >= 15 is 0 Å². The Morgan fingerprint density at radius 2 is 0.639 bits per heavy atom. The van der Waals surface area contributed by atoms with Crippen LogP contribution in [0.25, 0.3) is 0 Å². The predicted molar refractivity (Wildman–Crippen MR) is 270 cm³/mol. The lowest BCUT2D eigenvalue weighted by molar-refractivity contribution is -0.144. The Morgan fingerprint density at radius 3 is 0.951 bits per heavy atom. The predicted octanol–water partition coefficient (Wildman–Crippen LogP) is 15.1. The molecule has 0 atom stereocenters. The molecule has 0 amide bonds. The largest absolute Gasteiger partial charge is 0.466 e. The van der Waals surface area contributed by atoms with Crippen molar-refractivity contribution in [2.24, 2.45) is 0 Å². The smallest absolute Gasteiger partial charge is 0.306 e. The van der Waals surface area contributed by atoms with Crippen molar-refractivity contribution < 1.29 is 19.1 Å². The fourth-order valence-electron chi connectivity index (χ4n) is 7.41. The highest BCUT2D eigenvalue weighted by Gasteiger charge is 2.06. The summed E-state index contributed by atoms with van der Waals surface area (Å²) in [7, 11) is 0. The minimum atomic E-state index is -0.0741. The van der Waals surface area contributed by atoms with Crippen LogP contribution in [0.15, 0.2) is 0 Å². The number of thioether (sulfide) groups is 2. The monoisotopic (exact) mass is 897 g/mol. The van der Waals surface area contributed by atoms with E-state index < -0.39 is 0 Å². The van der Waals surface area contributed by atoms with Gasteiger partial charge in [-0.2, -0.15) is 23.5 Å². The third-order valence-electron chi connectivity index (χ3n) is 11.4. The Bertz CT molecular complexity index is 899. The Morgan fingerprint density at radius 1 is 0.361 bits per heavy atom. The van der Waals surface area contributed by atoms with Gasteiger partial charge in [-0.1, -0.05) is 181 Å². The minimum Gasteiger partial charge on any atom is -0.466 e. The van der Waals surface area contributed by atoms with Crippen molar-refractivity contribution in [3.8, 4) is 0 Å². The lowest BCUT2D eigenvalue weighted by atomic mass is 10.0. The van der Waals surface area contributed by atoms with Gasteiger partial charge >= 0.3 is 11.9 Å². The van der Waals surface area contributed by atoms with Crippen molar-refractivity contribution in [2.75, 3.05) is 49.3 Å². The maximum absolute atomic E-state index is 12.0. The second kappa shape index (κ2) is 51.2. The number of ether oxygens (including phenoxy) is 2. The first-order valence-corrected chi connectivity index (χ1v) is 28.4. The molecule has 4 N–H and O–H groups in total. The molecule has 0 unspecified atom stereocenters. The summed E-state index contributed by atoms with van der Waals surface area (Å²) >= 11 is 3.55. The number of amidine groups is 2. The van der Waals surface area contributed by atoms with Crippen molar-refractivity contribution in [1.29, 1.82) is 10.8 Å². The first-order valence-electron chi connectivity index (χ1n) is 26.1. The molecule has 0 radical (unpaired) electrons. The van der Waals surface area contributed by atoms with Crippen LogP contribution in [0.4, 0.5) is 0 Å². The van der Waals surface area contributed by atoms with Gasteiger partial charge in [0.25, 0.3) is 0 Å². The van der Waals surface area contributed by atoms with Crippen LogP contribution in [-0.2, 0) is 19.1 Å². The van der Waals surface area contributed by atoms with Crippen molar-refractivity contribution in [1.82, 2.24) is 10.6 Å². The fourth-order valence-corrected chi connectivity index (χ4v) is 9.14. The molecule has 0 aromatic carbocycles. The molecule has 0 aromatic rings. The summed E-state index contributed by atoms with van der Waals surface area (Å²) in [5.41, 5.74) is 0. The summed E-state index contributed by atoms with van der Waals surface area (Å²) in [4.78, 5) is 24.1. The van der Waals surface area contributed by atoms with Crippen molar-refractivity contribution >= 4 is 47.1 Å². The Balaban J connectivity index is 3.36. The van der Waals surface area contributed by atoms with Gasteiger partial charge in [0.1, 0.15) is 0 Å². The molecule has 0 rings (SSSR count). The van der Waals surface area contributed by atoms with Crippen LogP contribution in [-0.4, -0.2) is 72.9 Å². The fraction of sp³-hybridized carbons (Fsp3) is 0.922. The SMILES string of the molecule is CCCCCCCCCCCCCCCCOC(=O)CCSCCCC(=N)NCCCCCNC(=N)CCCSCCC(=O)OCCCCCCCCCCCCCCCC. The average Bonchev–Trinajstić information content (AvgIpc) is 3.25. The molecular weight excluding hydrogens is 797 g/mol. The zero-order chi connectivity index (χ0) is 44.4. The Kier molecular flexibility index (Phi) is 50.0. The van der Waals surface area contributed by atoms with E-state index in [1.165, 1.54) is 154 Å². The highest BCUT2D eigenvalue weighted by Crippen LogP contribution is 2.15. The lowest BCUT2D eigenvalue weighted by Crippen LogP contribution is -2.25. The molecule has 0 aliphatic heterocycles. The van der Waals surface area contributed by atoms with E-state index in [0.717, 1.165) is 107 Å². The number of hydrogen-bond acceptors (Lipinski definition) is 8. The van der Waals surface area contributed by atoms with Crippen molar-refractivity contribution in [2.45, 2.75) is 251 Å². The number of rotatable bonds is 50. The number of unbranched alkanes of at least 4 members (excludes halogenated alkanes) is 28. The minimum absolute atomic E-state index is 0.0741. The van der Waals surface area contributed by atoms with E-state index in [0.29, 0.717) is 37.7 Å². The van der Waals surface area contributed by atoms with E-state index in [9.17, 15) is 9.59 Å². The molecule has 0 saturated carbocycles. The molecule has 0 saturated heterocycles. The summed E-state index contributed by atoms with van der Waals surface area (Å²) in [5, 5.41) is 22.8. The maximum atomic E-state index is 12.0. The van der Waals surface area contributed by atoms with Crippen molar-refractivity contribution in [3.63, 3.8) is 0 Å². The van der Waals surface area contributed by atoms with Crippen LogP contribution in [0.3, 0.4) is 0 Å². The summed E-state index contributed by atoms with van der Waals surface area (Å²) in [6.07, 6.45) is 44.7. The summed E-state index contributed by atoms with van der Waals surface area (Å²) in [5.74, 6) is 4.55. The van der Waals surface area contributed by atoms with Gasteiger partial charge < -0.3 is 20.1 Å². The number of carbonyl (C=O) groups is 2. The van der Waals surface area contributed by atoms with Crippen LogP contribution in [0.5, 0.6) is 0 Å². The van der Waals surface area contributed by atoms with Crippen LogP contribution in [0.2, 0.25) is 0 Å². The lowest BCUT2D eigenvalue weighted by Gasteiger charge is -2.09. The Labute approximate surface area is 386 Å². The van der Waals surface area contributed by atoms with Gasteiger partial charge in [-0.15, -0.1) is 0 Å². The average molecular weight is 898 g/mol. The van der Waals surface area contributed by atoms with E-state index in [1.54, 1.807) is 23.5 Å². The van der Waals surface area contributed by atoms with Gasteiger partial charge in [-0.05, 0) is 56.5 Å². The molecule has 0 fully saturated rings. The van der Waals surface area contributed by atoms with Gasteiger partial charge in [0.15, 0.2) is 0 Å². The zero-order valence-electron chi connectivity index (χ0n) is 40.3. The molecule has 360 valence electrons. The third kappa shape index (κ3) is 51.1. The summed E-state index contributed by atoms with van der Waals surface area (Å²) in [6, 6.07) is 0. The van der Waals surface area contributed by atoms with Crippen LogP contribution in [0, 0.1) is 10.8 Å². The van der Waals surface area contributed by atoms with Gasteiger partial charge in [0, 0.05) is 37.4 Å². The standard InChI is InChI=1S/C51H100N4O4S2/c1-3-5-7-9-11-13-15-17-19-21-23-25-27-32-42-58-50(56)38-46-60-44-34-36-48(52)54-40-30-29-31-41-55-49(53)37-35-45-61-47-39-51(57)59-43-33-28-26-24-22-20-18-16-14-12-10-8-6-4-2/h3-47H2,1-2H3,(H2,52,54)(H2,53,55). The van der Waals surface area contributed by atoms with E-state index in [-0.39, 0.29) is 11.9 Å². The second-order valence-electron chi connectivity index (χ2n) is 17.4. The zero-order valence-corrected chi connectivity index (χ0v) is 41.9. The van der Waals surface area contributed by atoms with Crippen LogP contribution in [0.1, 0.15) is 251 Å². The second-order valence-corrected chi connectivity index (χ2v) is 19.9. The number of esters is 2. The molecule has 0 heterocycles. The quantitative estimate of drug-likeness (QED) is 0.0206. The highest BCUT2D eigenvalue weighted by atomic mass is 32.2. The van der Waals surface area contributed by atoms with Gasteiger partial charge in [0.2, 0.25) is 0 Å². The number of nitrogens with one attached hydrogen (secondary N) is 4. The van der Waals surface area contributed by atoms with Crippen LogP contribution >= 0.6 is 23.5 Å². The van der Waals surface area contributed by atoms with Crippen molar-refractivity contribution in [3.05, 3.63) is 0 Å². The number of hydrogen-bond donors (Lipinski definition) is 4. The molecule has 0 aliphatic rings. The molecule has 0 aliphatic carbocycles. The molecule has 61 heavy (non-hydrogen) atoms. The van der Waals surface area contributed by atoms with E-state index in [1.807, 2.05) is 0 Å². The number of carbonyl (C=O) groups excluding carboxylic acids is 2. The van der Waals surface area contributed by atoms with Gasteiger partial charge in [0.05, 0.1) is 37.7 Å². The van der Waals surface area contributed by atoms with Gasteiger partial charge in [-0.3, -0.25) is 20.4 Å². The topological polar surface area (TPSA) is 124 Å². The maximum Gasteiger partial charge on any atom is 0.306 e. The Hall–Kier alpha value is -1.42. The first kappa shape index (κ1) is 59.6. The van der Waals surface area contributed by atoms with E-state index in [4.69, 9.17) is 20.3 Å². The highest BCUT2D eigenvalue weighted by molar-refractivity contribution is 7.99. The summed E-state index contributed by atoms with van der Waals surface area (Å²) < 4.78 is 10.9. The van der Waals surface area contributed by atoms with Gasteiger partial charge in [-0.25, -0.2) is 0 Å². The van der Waals surface area contributed by atoms with E-state index in [2.05, 4.69) is 24.5 Å². The first-order chi connectivity index (χ1) is 30.0. The normalized spacial score (nSPS) is 11.2. The molecule has 0 aromatic heterocycles. The molecule has 0 bridgehead atoms. The molecular formula is C51H100N4O4S2. The molecule has 10 heteroatoms. The molecule has 8 nitrogen and oxygen atoms in total. The third-order valence-corrected chi connectivity index (χ3v) is 13.5. The van der Waals surface area contributed by atoms with Crippen LogP contribution < -0.4 is 10.6 Å². The molecule has 0 spiro atoms.